The molecule has 1 nitrogen and oxygen atoms in total. The molecule has 0 saturated carbocycles. The molecular formula is C14H19N. The number of aromatic nitrogens is 1. The SMILES string of the molecule is CCC(C)(C)c1ccc2cc(C)cn2c1. The van der Waals surface area contributed by atoms with E-state index in [1.54, 1.807) is 0 Å². The first-order valence-electron chi connectivity index (χ1n) is 5.62. The van der Waals surface area contributed by atoms with Crippen LogP contribution in [0.2, 0.25) is 0 Å². The standard InChI is InChI=1S/C14H19N/c1-5-14(3,4)12-6-7-13-8-11(2)9-15(13)10-12/h6-10H,5H2,1-4H3. The number of nitrogens with zero attached hydrogens (tertiary/aromatic N) is 1. The molecule has 0 atom stereocenters. The second-order valence-corrected chi connectivity index (χ2v) is 5.00. The van der Waals surface area contributed by atoms with Crippen LogP contribution in [0.15, 0.2) is 30.6 Å². The van der Waals surface area contributed by atoms with Crippen LogP contribution in [-0.4, -0.2) is 4.40 Å². The molecule has 0 N–H and O–H groups in total. The zero-order chi connectivity index (χ0) is 11.1. The number of rotatable bonds is 2. The van der Waals surface area contributed by atoms with Crippen molar-refractivity contribution in [2.45, 2.75) is 39.5 Å². The molecule has 0 fully saturated rings. The second-order valence-electron chi connectivity index (χ2n) is 5.00. The first-order valence-corrected chi connectivity index (χ1v) is 5.62. The Hall–Kier alpha value is -1.24. The van der Waals surface area contributed by atoms with Gasteiger partial charge in [0.15, 0.2) is 0 Å². The van der Waals surface area contributed by atoms with Crippen LogP contribution in [0.1, 0.15) is 38.3 Å². The van der Waals surface area contributed by atoms with Gasteiger partial charge in [0.2, 0.25) is 0 Å². The molecule has 0 aliphatic carbocycles. The lowest BCUT2D eigenvalue weighted by molar-refractivity contribution is 0.504. The van der Waals surface area contributed by atoms with Gasteiger partial charge in [-0.05, 0) is 42.0 Å². The van der Waals surface area contributed by atoms with Gasteiger partial charge in [0, 0.05) is 17.9 Å². The van der Waals surface area contributed by atoms with Crippen molar-refractivity contribution in [1.29, 1.82) is 0 Å². The Kier molecular flexibility index (Phi) is 2.34. The first-order chi connectivity index (χ1) is 7.03. The lowest BCUT2D eigenvalue weighted by Crippen LogP contribution is -2.15. The molecule has 2 aromatic rings. The van der Waals surface area contributed by atoms with Gasteiger partial charge in [-0.25, -0.2) is 0 Å². The van der Waals surface area contributed by atoms with Crippen molar-refractivity contribution in [2.75, 3.05) is 0 Å². The van der Waals surface area contributed by atoms with Crippen molar-refractivity contribution in [1.82, 2.24) is 4.40 Å². The third-order valence-corrected chi connectivity index (χ3v) is 3.39. The highest BCUT2D eigenvalue weighted by Gasteiger charge is 2.18. The Bertz CT molecular complexity index is 477. The molecule has 0 unspecified atom stereocenters. The smallest absolute Gasteiger partial charge is 0.0452 e. The minimum Gasteiger partial charge on any atom is -0.323 e. The average molecular weight is 201 g/mol. The molecule has 0 amide bonds. The minimum atomic E-state index is 0.270. The third-order valence-electron chi connectivity index (χ3n) is 3.39. The van der Waals surface area contributed by atoms with E-state index < -0.39 is 0 Å². The average Bonchev–Trinajstić information content (AvgIpc) is 2.56. The molecule has 0 bridgehead atoms. The Labute approximate surface area is 91.7 Å². The molecule has 0 saturated heterocycles. The van der Waals surface area contributed by atoms with E-state index >= 15 is 0 Å². The Morgan fingerprint density at radius 3 is 2.60 bits per heavy atom. The van der Waals surface area contributed by atoms with E-state index in [0.29, 0.717) is 0 Å². The van der Waals surface area contributed by atoms with E-state index in [-0.39, 0.29) is 5.41 Å². The van der Waals surface area contributed by atoms with E-state index in [1.165, 1.54) is 23.1 Å². The van der Waals surface area contributed by atoms with Crippen molar-refractivity contribution in [3.8, 4) is 0 Å². The van der Waals surface area contributed by atoms with Gasteiger partial charge in [0.05, 0.1) is 0 Å². The van der Waals surface area contributed by atoms with Gasteiger partial charge < -0.3 is 4.40 Å². The quantitative estimate of drug-likeness (QED) is 0.693. The van der Waals surface area contributed by atoms with Crippen LogP contribution in [-0.2, 0) is 5.41 Å². The van der Waals surface area contributed by atoms with Gasteiger partial charge in [-0.3, -0.25) is 0 Å². The van der Waals surface area contributed by atoms with Gasteiger partial charge >= 0.3 is 0 Å². The second kappa shape index (κ2) is 3.41. The van der Waals surface area contributed by atoms with E-state index in [1.807, 2.05) is 0 Å². The van der Waals surface area contributed by atoms with Crippen LogP contribution in [0.25, 0.3) is 5.52 Å². The zero-order valence-electron chi connectivity index (χ0n) is 10.0. The molecule has 2 heterocycles. The molecule has 0 aliphatic heterocycles. The Morgan fingerprint density at radius 2 is 1.93 bits per heavy atom. The molecule has 2 aromatic heterocycles. The first kappa shape index (κ1) is 10.3. The summed E-state index contributed by atoms with van der Waals surface area (Å²) in [4.78, 5) is 0. The van der Waals surface area contributed by atoms with Crippen molar-refractivity contribution >= 4 is 5.52 Å². The molecule has 0 spiro atoms. The molecule has 80 valence electrons. The van der Waals surface area contributed by atoms with E-state index in [9.17, 15) is 0 Å². The number of fused-ring (bicyclic) bond motifs is 1. The highest BCUT2D eigenvalue weighted by molar-refractivity contribution is 5.51. The van der Waals surface area contributed by atoms with Crippen molar-refractivity contribution in [2.24, 2.45) is 0 Å². The molecule has 0 aliphatic rings. The summed E-state index contributed by atoms with van der Waals surface area (Å²) in [6, 6.07) is 6.67. The summed E-state index contributed by atoms with van der Waals surface area (Å²) in [6.07, 6.45) is 5.61. The topological polar surface area (TPSA) is 4.41 Å². The maximum atomic E-state index is 2.30. The monoisotopic (exact) mass is 201 g/mol. The van der Waals surface area contributed by atoms with E-state index in [2.05, 4.69) is 62.7 Å². The Morgan fingerprint density at radius 1 is 1.20 bits per heavy atom. The van der Waals surface area contributed by atoms with Crippen LogP contribution < -0.4 is 0 Å². The molecule has 0 radical (unpaired) electrons. The summed E-state index contributed by atoms with van der Waals surface area (Å²) in [7, 11) is 0. The third kappa shape index (κ3) is 1.79. The van der Waals surface area contributed by atoms with Crippen molar-refractivity contribution < 1.29 is 0 Å². The predicted molar refractivity (Wildman–Crippen MR) is 65.5 cm³/mol. The van der Waals surface area contributed by atoms with Gasteiger partial charge in [0.25, 0.3) is 0 Å². The number of pyridine rings is 1. The normalized spacial score (nSPS) is 12.3. The molecular weight excluding hydrogens is 182 g/mol. The summed E-state index contributed by atoms with van der Waals surface area (Å²) >= 11 is 0. The van der Waals surface area contributed by atoms with Crippen LogP contribution in [0.4, 0.5) is 0 Å². The predicted octanol–water partition coefficient (Wildman–Crippen LogP) is 3.94. The lowest BCUT2D eigenvalue weighted by Gasteiger charge is -2.23. The number of hydrogen-bond acceptors (Lipinski definition) is 0. The summed E-state index contributed by atoms with van der Waals surface area (Å²) < 4.78 is 2.22. The van der Waals surface area contributed by atoms with Gasteiger partial charge in [0.1, 0.15) is 0 Å². The highest BCUT2D eigenvalue weighted by atomic mass is 14.9. The Balaban J connectivity index is 2.55. The summed E-state index contributed by atoms with van der Waals surface area (Å²) in [5, 5.41) is 0. The lowest BCUT2D eigenvalue weighted by atomic mass is 9.83. The number of hydrogen-bond donors (Lipinski definition) is 0. The molecule has 0 aromatic carbocycles. The molecule has 1 heteroatoms. The fraction of sp³-hybridized carbons (Fsp3) is 0.429. The highest BCUT2D eigenvalue weighted by Crippen LogP contribution is 2.27. The van der Waals surface area contributed by atoms with Crippen molar-refractivity contribution in [3.05, 3.63) is 41.7 Å². The zero-order valence-corrected chi connectivity index (χ0v) is 10.0. The summed E-state index contributed by atoms with van der Waals surface area (Å²) in [5.41, 5.74) is 4.28. The maximum Gasteiger partial charge on any atom is 0.0452 e. The molecule has 15 heavy (non-hydrogen) atoms. The fourth-order valence-corrected chi connectivity index (χ4v) is 1.86. The largest absolute Gasteiger partial charge is 0.323 e. The maximum absolute atomic E-state index is 2.30. The van der Waals surface area contributed by atoms with Gasteiger partial charge in [-0.15, -0.1) is 0 Å². The van der Waals surface area contributed by atoms with E-state index in [4.69, 9.17) is 0 Å². The summed E-state index contributed by atoms with van der Waals surface area (Å²) in [6.45, 7) is 8.97. The van der Waals surface area contributed by atoms with Crippen LogP contribution in [0, 0.1) is 6.92 Å². The van der Waals surface area contributed by atoms with Crippen molar-refractivity contribution in [3.63, 3.8) is 0 Å². The molecule has 2 rings (SSSR count). The fourth-order valence-electron chi connectivity index (χ4n) is 1.86. The van der Waals surface area contributed by atoms with Crippen LogP contribution >= 0.6 is 0 Å². The van der Waals surface area contributed by atoms with Gasteiger partial charge in [-0.2, -0.15) is 0 Å². The minimum absolute atomic E-state index is 0.270. The van der Waals surface area contributed by atoms with Gasteiger partial charge in [-0.1, -0.05) is 26.8 Å². The van der Waals surface area contributed by atoms with Crippen LogP contribution in [0.3, 0.4) is 0 Å². The summed E-state index contributed by atoms with van der Waals surface area (Å²) in [5.74, 6) is 0. The van der Waals surface area contributed by atoms with E-state index in [0.717, 1.165) is 0 Å². The van der Waals surface area contributed by atoms with Crippen LogP contribution in [0.5, 0.6) is 0 Å². The number of aryl methyl sites for hydroxylation is 1.